The van der Waals surface area contributed by atoms with Gasteiger partial charge in [-0.2, -0.15) is 47.9 Å². The van der Waals surface area contributed by atoms with Crippen LogP contribution in [0, 0.1) is 0 Å². The van der Waals surface area contributed by atoms with Crippen LogP contribution in [0.15, 0.2) is 36.4 Å². The van der Waals surface area contributed by atoms with Crippen LogP contribution in [-0.4, -0.2) is 48.6 Å². The highest BCUT2D eigenvalue weighted by Gasteiger charge is 2.86. The number of carbonyl (C=O) groups excluding carboxylic acids is 2. The lowest BCUT2D eigenvalue weighted by atomic mass is 10.0. The van der Waals surface area contributed by atoms with E-state index < -0.39 is 61.4 Å². The Morgan fingerprint density at radius 1 is 0.750 bits per heavy atom. The lowest BCUT2D eigenvalue weighted by Gasteiger charge is -2.32. The molecule has 0 radical (unpaired) electrons. The molecule has 0 aromatic heterocycles. The van der Waals surface area contributed by atoms with Crippen molar-refractivity contribution in [3.05, 3.63) is 47.5 Å². The van der Waals surface area contributed by atoms with E-state index in [2.05, 4.69) is 4.28 Å². The first-order chi connectivity index (χ1) is 14.4. The topological polar surface area (TPSA) is 80.8 Å². The standard InChI is InChI=1S/C16H6F9NO5S/c17-13(18,15(21,22)23)14(19,20)16(24,25)32(29,30)31-26-11(27)9-6-5-7-3-1-2-4-8(7)10(9)12(26)28/h1-6H. The second-order valence-electron chi connectivity index (χ2n) is 6.31. The molecular weight excluding hydrogens is 489 g/mol. The zero-order valence-corrected chi connectivity index (χ0v) is 15.6. The van der Waals surface area contributed by atoms with Crippen LogP contribution in [0.2, 0.25) is 0 Å². The third-order valence-corrected chi connectivity index (χ3v) is 5.57. The number of hydrogen-bond donors (Lipinski definition) is 0. The van der Waals surface area contributed by atoms with Crippen molar-refractivity contribution in [3.8, 4) is 0 Å². The maximum Gasteiger partial charge on any atom is 0.460 e. The van der Waals surface area contributed by atoms with E-state index in [1.165, 1.54) is 30.3 Å². The summed E-state index contributed by atoms with van der Waals surface area (Å²) in [5.41, 5.74) is -1.22. The van der Waals surface area contributed by atoms with Crippen LogP contribution < -0.4 is 0 Å². The highest BCUT2D eigenvalue weighted by Crippen LogP contribution is 2.55. The molecule has 1 aliphatic heterocycles. The first-order valence-electron chi connectivity index (χ1n) is 7.93. The second-order valence-corrected chi connectivity index (χ2v) is 7.88. The van der Waals surface area contributed by atoms with E-state index >= 15 is 0 Å². The lowest BCUT2D eigenvalue weighted by molar-refractivity contribution is -0.383. The van der Waals surface area contributed by atoms with Gasteiger partial charge in [0.1, 0.15) is 0 Å². The minimum absolute atomic E-state index is 0.0208. The van der Waals surface area contributed by atoms with Crippen molar-refractivity contribution in [1.82, 2.24) is 5.06 Å². The van der Waals surface area contributed by atoms with E-state index in [1.807, 2.05) is 0 Å². The van der Waals surface area contributed by atoms with Gasteiger partial charge in [-0.15, -0.1) is 9.35 Å². The van der Waals surface area contributed by atoms with Crippen molar-refractivity contribution >= 4 is 32.7 Å². The monoisotopic (exact) mass is 495 g/mol. The summed E-state index contributed by atoms with van der Waals surface area (Å²) in [6.07, 6.45) is -7.29. The summed E-state index contributed by atoms with van der Waals surface area (Å²) in [4.78, 5) is 24.6. The third-order valence-electron chi connectivity index (χ3n) is 4.34. The van der Waals surface area contributed by atoms with Crippen LogP contribution >= 0.6 is 0 Å². The minimum Gasteiger partial charge on any atom is -0.266 e. The normalized spacial score (nSPS) is 16.1. The summed E-state index contributed by atoms with van der Waals surface area (Å²) in [6, 6.07) is 7.67. The number of halogens is 9. The van der Waals surface area contributed by atoms with Crippen molar-refractivity contribution in [1.29, 1.82) is 0 Å². The largest absolute Gasteiger partial charge is 0.460 e. The predicted molar refractivity (Wildman–Crippen MR) is 85.3 cm³/mol. The molecule has 2 aromatic rings. The molecule has 0 bridgehead atoms. The maximum atomic E-state index is 13.8. The van der Waals surface area contributed by atoms with E-state index in [0.29, 0.717) is 5.39 Å². The average Bonchev–Trinajstić information content (AvgIpc) is 2.91. The lowest BCUT2D eigenvalue weighted by Crippen LogP contribution is -2.64. The Hall–Kier alpha value is -2.88. The predicted octanol–water partition coefficient (Wildman–Crippen LogP) is 4.12. The SMILES string of the molecule is O=C1c2ccc3ccccc3c2C(=O)N1OS(=O)(=O)C(F)(F)C(F)(F)C(F)(F)C(F)(F)F. The van der Waals surface area contributed by atoms with Crippen molar-refractivity contribution in [2.45, 2.75) is 23.3 Å². The number of fused-ring (bicyclic) bond motifs is 3. The van der Waals surface area contributed by atoms with Gasteiger partial charge in [-0.1, -0.05) is 30.3 Å². The van der Waals surface area contributed by atoms with Crippen LogP contribution in [0.3, 0.4) is 0 Å². The number of benzene rings is 2. The Balaban J connectivity index is 2.03. The summed E-state index contributed by atoms with van der Waals surface area (Å²) >= 11 is 0. The smallest absolute Gasteiger partial charge is 0.266 e. The van der Waals surface area contributed by atoms with Crippen molar-refractivity contribution in [3.63, 3.8) is 0 Å². The Morgan fingerprint density at radius 2 is 1.31 bits per heavy atom. The van der Waals surface area contributed by atoms with Crippen LogP contribution in [0.1, 0.15) is 20.7 Å². The van der Waals surface area contributed by atoms with E-state index in [0.717, 1.165) is 6.07 Å². The van der Waals surface area contributed by atoms with Crippen LogP contribution in [0.25, 0.3) is 10.8 Å². The van der Waals surface area contributed by atoms with Gasteiger partial charge in [0, 0.05) is 0 Å². The molecule has 1 aliphatic rings. The summed E-state index contributed by atoms with van der Waals surface area (Å²) in [6.45, 7) is 0. The number of hydroxylamine groups is 2. The number of amides is 2. The second kappa shape index (κ2) is 6.81. The summed E-state index contributed by atoms with van der Waals surface area (Å²) < 4.78 is 144. The van der Waals surface area contributed by atoms with Crippen LogP contribution in [0.5, 0.6) is 0 Å². The summed E-state index contributed by atoms with van der Waals surface area (Å²) in [5, 5.41) is -7.90. The first-order valence-corrected chi connectivity index (χ1v) is 9.34. The molecule has 0 aliphatic carbocycles. The van der Waals surface area contributed by atoms with Gasteiger partial charge in [0.2, 0.25) is 0 Å². The molecular formula is C16H6F9NO5S. The van der Waals surface area contributed by atoms with Crippen molar-refractivity contribution < 1.29 is 61.8 Å². The summed E-state index contributed by atoms with van der Waals surface area (Å²) in [7, 11) is -7.46. The van der Waals surface area contributed by atoms with Gasteiger partial charge >= 0.3 is 33.4 Å². The summed E-state index contributed by atoms with van der Waals surface area (Å²) in [5.74, 6) is -18.6. The zero-order chi connectivity index (χ0) is 24.5. The van der Waals surface area contributed by atoms with Gasteiger partial charge in [-0.05, 0) is 16.8 Å². The molecule has 0 saturated heterocycles. The number of imide groups is 1. The molecule has 0 N–H and O–H groups in total. The molecule has 2 aromatic carbocycles. The number of alkyl halides is 9. The van der Waals surface area contributed by atoms with Gasteiger partial charge in [0.25, 0.3) is 11.8 Å². The fourth-order valence-corrected chi connectivity index (χ4v) is 3.58. The molecule has 2 amide bonds. The maximum absolute atomic E-state index is 13.8. The van der Waals surface area contributed by atoms with E-state index in [4.69, 9.17) is 0 Å². The average molecular weight is 495 g/mol. The molecule has 3 rings (SSSR count). The molecule has 0 atom stereocenters. The molecule has 0 spiro atoms. The number of nitrogens with zero attached hydrogens (tertiary/aromatic N) is 1. The van der Waals surface area contributed by atoms with Crippen molar-refractivity contribution in [2.24, 2.45) is 0 Å². The third kappa shape index (κ3) is 3.03. The highest BCUT2D eigenvalue weighted by atomic mass is 32.2. The zero-order valence-electron chi connectivity index (χ0n) is 14.8. The molecule has 32 heavy (non-hydrogen) atoms. The van der Waals surface area contributed by atoms with Gasteiger partial charge in [-0.25, -0.2) is 0 Å². The van der Waals surface area contributed by atoms with E-state index in [-0.39, 0.29) is 5.39 Å². The Morgan fingerprint density at radius 3 is 1.88 bits per heavy atom. The molecule has 6 nitrogen and oxygen atoms in total. The molecule has 174 valence electrons. The quantitative estimate of drug-likeness (QED) is 0.461. The van der Waals surface area contributed by atoms with Gasteiger partial charge in [-0.3, -0.25) is 9.59 Å². The van der Waals surface area contributed by atoms with Gasteiger partial charge in [0.15, 0.2) is 0 Å². The molecule has 16 heteroatoms. The van der Waals surface area contributed by atoms with E-state index in [9.17, 15) is 57.5 Å². The van der Waals surface area contributed by atoms with Crippen molar-refractivity contribution in [2.75, 3.05) is 0 Å². The highest BCUT2D eigenvalue weighted by molar-refractivity contribution is 7.87. The molecule has 1 heterocycles. The van der Waals surface area contributed by atoms with E-state index in [1.54, 1.807) is 0 Å². The number of rotatable bonds is 5. The minimum atomic E-state index is -7.58. The Labute approximate surface area is 171 Å². The fourth-order valence-electron chi connectivity index (χ4n) is 2.71. The Kier molecular flexibility index (Phi) is 5.06. The van der Waals surface area contributed by atoms with Crippen LogP contribution in [0.4, 0.5) is 39.5 Å². The van der Waals surface area contributed by atoms with Crippen LogP contribution in [-0.2, 0) is 14.4 Å². The number of carbonyl (C=O) groups is 2. The first kappa shape index (κ1) is 23.8. The van der Waals surface area contributed by atoms with Gasteiger partial charge in [0.05, 0.1) is 11.1 Å². The number of hydrogen-bond acceptors (Lipinski definition) is 5. The Bertz CT molecular complexity index is 1240. The van der Waals surface area contributed by atoms with Gasteiger partial charge < -0.3 is 0 Å². The molecule has 0 fully saturated rings. The fraction of sp³-hybridized carbons (Fsp3) is 0.250. The molecule has 0 saturated carbocycles. The molecule has 0 unspecified atom stereocenters.